The second-order valence-electron chi connectivity index (χ2n) is 18.6. The number of hydrogen-bond donors (Lipinski definition) is 0. The quantitative estimate of drug-likeness (QED) is 0.167. The fourth-order valence-electron chi connectivity index (χ4n) is 11.0. The van der Waals surface area contributed by atoms with Crippen molar-refractivity contribution in [1.29, 1.82) is 0 Å². The Hall–Kier alpha value is -8.21. The van der Waals surface area contributed by atoms with E-state index < -0.39 is 0 Å². The molecule has 0 saturated heterocycles. The molecule has 2 aromatic heterocycles. The second-order valence-corrected chi connectivity index (χ2v) is 18.6. The van der Waals surface area contributed by atoms with E-state index in [1.54, 1.807) is 0 Å². The highest BCUT2D eigenvalue weighted by atomic mass is 16.3. The van der Waals surface area contributed by atoms with Gasteiger partial charge in [-0.1, -0.05) is 184 Å². The van der Waals surface area contributed by atoms with Crippen LogP contribution in [0.5, 0.6) is 0 Å². The summed E-state index contributed by atoms with van der Waals surface area (Å²) in [6.45, 7) is 4.72. The van der Waals surface area contributed by atoms with Crippen LogP contribution >= 0.6 is 0 Å². The minimum absolute atomic E-state index is 0.0677. The molecule has 2 aliphatic carbocycles. The lowest BCUT2D eigenvalue weighted by atomic mass is 9.81. The van der Waals surface area contributed by atoms with Crippen LogP contribution in [0.1, 0.15) is 54.0 Å². The molecule has 0 amide bonds. The maximum absolute atomic E-state index is 6.59. The highest BCUT2D eigenvalue weighted by Crippen LogP contribution is 2.50. The molecule has 67 heavy (non-hydrogen) atoms. The summed E-state index contributed by atoms with van der Waals surface area (Å²) in [5, 5.41) is 2.01. The van der Waals surface area contributed by atoms with Crippen LogP contribution in [0.25, 0.3) is 101 Å². The molecule has 1 unspecified atom stereocenters. The molecule has 0 N–H and O–H groups in total. The van der Waals surface area contributed by atoms with E-state index >= 15 is 0 Å². The molecule has 11 aromatic rings. The summed E-state index contributed by atoms with van der Waals surface area (Å²) in [7, 11) is 0. The van der Waals surface area contributed by atoms with E-state index in [1.807, 2.05) is 72.8 Å². The molecule has 2 aliphatic rings. The topological polar surface area (TPSA) is 51.8 Å². The second kappa shape index (κ2) is 15.5. The van der Waals surface area contributed by atoms with Crippen molar-refractivity contribution in [3.63, 3.8) is 0 Å². The molecule has 0 radical (unpaired) electrons. The molecule has 0 spiro atoms. The normalized spacial score (nSPS) is 14.6. The molecule has 318 valence electrons. The van der Waals surface area contributed by atoms with Gasteiger partial charge in [0, 0.05) is 38.8 Å². The van der Waals surface area contributed by atoms with Crippen LogP contribution in [-0.4, -0.2) is 15.0 Å². The van der Waals surface area contributed by atoms with Gasteiger partial charge >= 0.3 is 0 Å². The van der Waals surface area contributed by atoms with Gasteiger partial charge in [-0.2, -0.15) is 0 Å². The molecule has 0 saturated carbocycles. The molecule has 9 aromatic carbocycles. The van der Waals surface area contributed by atoms with Crippen molar-refractivity contribution in [3.8, 4) is 78.7 Å². The van der Waals surface area contributed by atoms with E-state index in [0.29, 0.717) is 17.5 Å². The number of fused-ring (bicyclic) bond motifs is 9. The Bertz CT molecular complexity index is 3660. The number of furan rings is 1. The molecule has 2 heterocycles. The minimum Gasteiger partial charge on any atom is -0.456 e. The van der Waals surface area contributed by atoms with Crippen LogP contribution in [0, 0.1) is 0 Å². The zero-order valence-corrected chi connectivity index (χ0v) is 37.4. The van der Waals surface area contributed by atoms with Gasteiger partial charge in [-0.05, 0) is 122 Å². The van der Waals surface area contributed by atoms with Gasteiger partial charge in [0.05, 0.1) is 0 Å². The van der Waals surface area contributed by atoms with Crippen molar-refractivity contribution in [2.75, 3.05) is 0 Å². The molecule has 0 fully saturated rings. The minimum atomic E-state index is -0.0677. The summed E-state index contributed by atoms with van der Waals surface area (Å²) in [5.41, 5.74) is 21.3. The number of rotatable bonds is 6. The van der Waals surface area contributed by atoms with Crippen LogP contribution in [0.15, 0.2) is 211 Å². The number of benzene rings is 9. The van der Waals surface area contributed by atoms with Crippen molar-refractivity contribution < 1.29 is 4.42 Å². The third kappa shape index (κ3) is 6.54. The van der Waals surface area contributed by atoms with Gasteiger partial charge in [-0.25, -0.2) is 15.0 Å². The van der Waals surface area contributed by atoms with Crippen LogP contribution in [-0.2, 0) is 11.8 Å². The standard InChI is InChI=1S/C63H45N3O/c1-63(2)55-23-13-12-21-49(55)50-33-29-46(38-56(50)63)43-26-25-40-27-31-47(39-15-6-3-7-16-39)48-32-28-44(36-53(48)52(40)35-43)45-30-34-57-54(37-45)59-51(22-14-24-58(59)67-57)62-65-60(41-17-8-4-9-18-41)64-61(66-62)42-19-10-5-11-20-42/h3-26,28-30,32-38,47H,27,31H2,1-2H3. The maximum atomic E-state index is 6.59. The van der Waals surface area contributed by atoms with Crippen LogP contribution in [0.2, 0.25) is 0 Å². The summed E-state index contributed by atoms with van der Waals surface area (Å²) >= 11 is 0. The Morgan fingerprint density at radius 1 is 0.418 bits per heavy atom. The van der Waals surface area contributed by atoms with Crippen LogP contribution in [0.3, 0.4) is 0 Å². The lowest BCUT2D eigenvalue weighted by molar-refractivity contribution is 0.660. The highest BCUT2D eigenvalue weighted by Gasteiger charge is 2.35. The Balaban J connectivity index is 0.958. The van der Waals surface area contributed by atoms with E-state index in [2.05, 4.69) is 147 Å². The average molecular weight is 860 g/mol. The number of aromatic nitrogens is 3. The van der Waals surface area contributed by atoms with E-state index in [0.717, 1.165) is 62.6 Å². The summed E-state index contributed by atoms with van der Waals surface area (Å²) in [6.07, 6.45) is 2.04. The van der Waals surface area contributed by atoms with Crippen molar-refractivity contribution in [2.45, 2.75) is 38.0 Å². The van der Waals surface area contributed by atoms with Crippen molar-refractivity contribution in [1.82, 2.24) is 15.0 Å². The zero-order valence-electron chi connectivity index (χ0n) is 37.4. The lowest BCUT2D eigenvalue weighted by Crippen LogP contribution is -2.14. The number of aryl methyl sites for hydroxylation is 1. The summed E-state index contributed by atoms with van der Waals surface area (Å²) < 4.78 is 6.59. The molecule has 4 heteroatoms. The molecule has 1 atom stereocenters. The predicted octanol–water partition coefficient (Wildman–Crippen LogP) is 16.2. The average Bonchev–Trinajstić information content (AvgIpc) is 3.81. The van der Waals surface area contributed by atoms with Crippen molar-refractivity contribution >= 4 is 21.9 Å². The Labute approximate surface area is 390 Å². The molecule has 13 rings (SSSR count). The van der Waals surface area contributed by atoms with Crippen LogP contribution in [0.4, 0.5) is 0 Å². The first-order chi connectivity index (χ1) is 32.9. The van der Waals surface area contributed by atoms with E-state index in [-0.39, 0.29) is 11.3 Å². The van der Waals surface area contributed by atoms with Gasteiger partial charge in [0.1, 0.15) is 11.2 Å². The first-order valence-electron chi connectivity index (χ1n) is 23.3. The van der Waals surface area contributed by atoms with Crippen LogP contribution < -0.4 is 0 Å². The zero-order chi connectivity index (χ0) is 44.6. The Morgan fingerprint density at radius 2 is 1.00 bits per heavy atom. The Kier molecular flexibility index (Phi) is 9.04. The highest BCUT2D eigenvalue weighted by molar-refractivity contribution is 6.13. The Morgan fingerprint density at radius 3 is 1.76 bits per heavy atom. The van der Waals surface area contributed by atoms with Gasteiger partial charge in [-0.15, -0.1) is 0 Å². The van der Waals surface area contributed by atoms with E-state index in [1.165, 1.54) is 61.2 Å². The summed E-state index contributed by atoms with van der Waals surface area (Å²) in [5.74, 6) is 2.13. The maximum Gasteiger partial charge on any atom is 0.164 e. The smallest absolute Gasteiger partial charge is 0.164 e. The molecular weight excluding hydrogens is 815 g/mol. The first kappa shape index (κ1) is 39.2. The summed E-state index contributed by atoms with van der Waals surface area (Å²) in [6, 6.07) is 74.4. The SMILES string of the molecule is CC1(C)c2ccccc2-c2ccc(-c3ccc4c(c3)-c3cc(-c5ccc6oc7cccc(-c8nc(-c9ccccc9)nc(-c9ccccc9)n8)c7c6c5)ccc3C(c3ccccc3)CC4)cc21. The molecule has 0 bridgehead atoms. The summed E-state index contributed by atoms with van der Waals surface area (Å²) in [4.78, 5) is 15.2. The third-order valence-corrected chi connectivity index (χ3v) is 14.4. The van der Waals surface area contributed by atoms with E-state index in [4.69, 9.17) is 19.4 Å². The number of hydrogen-bond acceptors (Lipinski definition) is 4. The molecule has 4 nitrogen and oxygen atoms in total. The largest absolute Gasteiger partial charge is 0.456 e. The third-order valence-electron chi connectivity index (χ3n) is 14.4. The fourth-order valence-corrected chi connectivity index (χ4v) is 11.0. The van der Waals surface area contributed by atoms with Gasteiger partial charge in [0.25, 0.3) is 0 Å². The molecule has 0 aliphatic heterocycles. The van der Waals surface area contributed by atoms with E-state index in [9.17, 15) is 0 Å². The van der Waals surface area contributed by atoms with Gasteiger partial charge in [0.2, 0.25) is 0 Å². The first-order valence-corrected chi connectivity index (χ1v) is 23.3. The predicted molar refractivity (Wildman–Crippen MR) is 274 cm³/mol. The fraction of sp³-hybridized carbons (Fsp3) is 0.0952. The lowest BCUT2D eigenvalue weighted by Gasteiger charge is -2.22. The number of nitrogens with zero attached hydrogens (tertiary/aromatic N) is 3. The van der Waals surface area contributed by atoms with Gasteiger partial charge in [0.15, 0.2) is 17.5 Å². The van der Waals surface area contributed by atoms with Crippen molar-refractivity contribution in [3.05, 3.63) is 234 Å². The van der Waals surface area contributed by atoms with Gasteiger partial charge in [-0.3, -0.25) is 0 Å². The molecular formula is C63H45N3O. The monoisotopic (exact) mass is 859 g/mol. The van der Waals surface area contributed by atoms with Gasteiger partial charge < -0.3 is 4.42 Å². The van der Waals surface area contributed by atoms with Crippen molar-refractivity contribution in [2.24, 2.45) is 0 Å².